The van der Waals surface area contributed by atoms with Gasteiger partial charge in [-0.15, -0.1) is 0 Å². The van der Waals surface area contributed by atoms with Gasteiger partial charge in [-0.25, -0.2) is 0 Å². The average molecular weight is 212 g/mol. The molecular formula is C13H28N2. The summed E-state index contributed by atoms with van der Waals surface area (Å²) in [7, 11) is 0. The van der Waals surface area contributed by atoms with E-state index in [4.69, 9.17) is 0 Å². The molecule has 2 heteroatoms. The van der Waals surface area contributed by atoms with Crippen molar-refractivity contribution in [2.24, 2.45) is 5.41 Å². The Morgan fingerprint density at radius 2 is 2.07 bits per heavy atom. The highest BCUT2D eigenvalue weighted by molar-refractivity contribution is 4.78. The average Bonchev–Trinajstić information content (AvgIpc) is 2.14. The van der Waals surface area contributed by atoms with E-state index in [0.717, 1.165) is 6.54 Å². The molecule has 0 aromatic rings. The molecule has 1 saturated heterocycles. The largest absolute Gasteiger partial charge is 0.316 e. The van der Waals surface area contributed by atoms with Gasteiger partial charge in [-0.1, -0.05) is 33.6 Å². The van der Waals surface area contributed by atoms with Gasteiger partial charge >= 0.3 is 0 Å². The summed E-state index contributed by atoms with van der Waals surface area (Å²) >= 11 is 0. The maximum absolute atomic E-state index is 3.54. The minimum absolute atomic E-state index is 0.437. The van der Waals surface area contributed by atoms with Gasteiger partial charge in [0.15, 0.2) is 0 Å². The molecule has 0 aliphatic carbocycles. The fraction of sp³-hybridized carbons (Fsp3) is 1.00. The van der Waals surface area contributed by atoms with Gasteiger partial charge in [0, 0.05) is 13.1 Å². The van der Waals surface area contributed by atoms with Gasteiger partial charge in [0.05, 0.1) is 0 Å². The van der Waals surface area contributed by atoms with E-state index in [1.54, 1.807) is 0 Å². The van der Waals surface area contributed by atoms with E-state index in [-0.39, 0.29) is 0 Å². The molecule has 0 aromatic heterocycles. The fourth-order valence-electron chi connectivity index (χ4n) is 2.37. The van der Waals surface area contributed by atoms with Crippen molar-refractivity contribution in [1.29, 1.82) is 0 Å². The van der Waals surface area contributed by atoms with Gasteiger partial charge in [-0.3, -0.25) is 0 Å². The van der Waals surface area contributed by atoms with Crippen LogP contribution in [0, 0.1) is 5.41 Å². The van der Waals surface area contributed by atoms with E-state index in [2.05, 4.69) is 31.0 Å². The SMILES string of the molecule is CCCCCN1CCCNCC(C)(C)C1. The summed E-state index contributed by atoms with van der Waals surface area (Å²) in [5.41, 5.74) is 0.437. The van der Waals surface area contributed by atoms with E-state index in [0.29, 0.717) is 5.41 Å². The summed E-state index contributed by atoms with van der Waals surface area (Å²) in [5.74, 6) is 0. The van der Waals surface area contributed by atoms with Crippen molar-refractivity contribution in [3.63, 3.8) is 0 Å². The van der Waals surface area contributed by atoms with Gasteiger partial charge in [-0.05, 0) is 37.9 Å². The van der Waals surface area contributed by atoms with Crippen molar-refractivity contribution in [3.05, 3.63) is 0 Å². The lowest BCUT2D eigenvalue weighted by atomic mass is 9.91. The molecule has 0 aromatic carbocycles. The lowest BCUT2D eigenvalue weighted by Crippen LogP contribution is -2.44. The molecule has 0 unspecified atom stereocenters. The number of hydrogen-bond acceptors (Lipinski definition) is 2. The second kappa shape index (κ2) is 6.49. The molecule has 0 amide bonds. The standard InChI is InChI=1S/C13H28N2/c1-4-5-6-9-15-10-7-8-14-11-13(2,3)12-15/h14H,4-12H2,1-3H3. The first kappa shape index (κ1) is 13.0. The van der Waals surface area contributed by atoms with Crippen LogP contribution < -0.4 is 5.32 Å². The minimum atomic E-state index is 0.437. The Hall–Kier alpha value is -0.0800. The Kier molecular flexibility index (Phi) is 5.62. The smallest absolute Gasteiger partial charge is 0.00448 e. The molecule has 1 aliphatic heterocycles. The van der Waals surface area contributed by atoms with E-state index in [9.17, 15) is 0 Å². The Labute approximate surface area is 95.4 Å². The lowest BCUT2D eigenvalue weighted by Gasteiger charge is -2.35. The van der Waals surface area contributed by atoms with Crippen molar-refractivity contribution < 1.29 is 0 Å². The predicted molar refractivity (Wildman–Crippen MR) is 67.2 cm³/mol. The highest BCUT2D eigenvalue weighted by atomic mass is 15.1. The van der Waals surface area contributed by atoms with Crippen LogP contribution in [0.2, 0.25) is 0 Å². The van der Waals surface area contributed by atoms with Crippen LogP contribution in [-0.2, 0) is 0 Å². The third-order valence-electron chi connectivity index (χ3n) is 3.16. The Morgan fingerprint density at radius 1 is 1.27 bits per heavy atom. The summed E-state index contributed by atoms with van der Waals surface area (Å²) in [6.45, 7) is 13.2. The molecule has 0 spiro atoms. The molecule has 1 N–H and O–H groups in total. The molecular weight excluding hydrogens is 184 g/mol. The van der Waals surface area contributed by atoms with Crippen LogP contribution in [0.25, 0.3) is 0 Å². The molecule has 0 saturated carbocycles. The maximum atomic E-state index is 3.54. The van der Waals surface area contributed by atoms with Crippen molar-refractivity contribution in [3.8, 4) is 0 Å². The monoisotopic (exact) mass is 212 g/mol. The molecule has 15 heavy (non-hydrogen) atoms. The van der Waals surface area contributed by atoms with Crippen molar-refractivity contribution in [1.82, 2.24) is 10.2 Å². The first-order chi connectivity index (χ1) is 7.14. The van der Waals surface area contributed by atoms with Gasteiger partial charge in [0.25, 0.3) is 0 Å². The summed E-state index contributed by atoms with van der Waals surface area (Å²) in [5, 5.41) is 3.54. The zero-order valence-electron chi connectivity index (χ0n) is 10.8. The van der Waals surface area contributed by atoms with Crippen molar-refractivity contribution >= 4 is 0 Å². The van der Waals surface area contributed by atoms with E-state index >= 15 is 0 Å². The molecule has 1 aliphatic rings. The molecule has 0 radical (unpaired) electrons. The van der Waals surface area contributed by atoms with Gasteiger partial charge < -0.3 is 10.2 Å². The van der Waals surface area contributed by atoms with Crippen molar-refractivity contribution in [2.45, 2.75) is 46.5 Å². The van der Waals surface area contributed by atoms with Crippen LogP contribution in [-0.4, -0.2) is 37.6 Å². The van der Waals surface area contributed by atoms with Crippen LogP contribution in [0.3, 0.4) is 0 Å². The third-order valence-corrected chi connectivity index (χ3v) is 3.16. The summed E-state index contributed by atoms with van der Waals surface area (Å²) in [6, 6.07) is 0. The molecule has 90 valence electrons. The molecule has 1 heterocycles. The molecule has 1 rings (SSSR count). The number of nitrogens with one attached hydrogen (secondary N) is 1. The fourth-order valence-corrected chi connectivity index (χ4v) is 2.37. The zero-order valence-corrected chi connectivity index (χ0v) is 10.8. The highest BCUT2D eigenvalue weighted by Crippen LogP contribution is 2.18. The van der Waals surface area contributed by atoms with Crippen LogP contribution in [0.5, 0.6) is 0 Å². The highest BCUT2D eigenvalue weighted by Gasteiger charge is 2.22. The summed E-state index contributed by atoms with van der Waals surface area (Å²) < 4.78 is 0. The number of nitrogens with zero attached hydrogens (tertiary/aromatic N) is 1. The zero-order chi connectivity index (χ0) is 11.1. The third kappa shape index (κ3) is 5.53. The lowest BCUT2D eigenvalue weighted by molar-refractivity contribution is 0.155. The van der Waals surface area contributed by atoms with Crippen LogP contribution in [0.1, 0.15) is 46.5 Å². The summed E-state index contributed by atoms with van der Waals surface area (Å²) in [6.07, 6.45) is 5.40. The quantitative estimate of drug-likeness (QED) is 0.720. The van der Waals surface area contributed by atoms with Crippen molar-refractivity contribution in [2.75, 3.05) is 32.7 Å². The Balaban J connectivity index is 2.32. The maximum Gasteiger partial charge on any atom is 0.00448 e. The second-order valence-electron chi connectivity index (χ2n) is 5.68. The van der Waals surface area contributed by atoms with E-state index < -0.39 is 0 Å². The number of hydrogen-bond donors (Lipinski definition) is 1. The molecule has 2 nitrogen and oxygen atoms in total. The molecule has 1 fully saturated rings. The van der Waals surface area contributed by atoms with Crippen LogP contribution in [0.4, 0.5) is 0 Å². The molecule has 0 bridgehead atoms. The summed E-state index contributed by atoms with van der Waals surface area (Å²) in [4.78, 5) is 2.66. The van der Waals surface area contributed by atoms with Gasteiger partial charge in [0.1, 0.15) is 0 Å². The number of rotatable bonds is 4. The second-order valence-corrected chi connectivity index (χ2v) is 5.68. The van der Waals surface area contributed by atoms with Crippen LogP contribution >= 0.6 is 0 Å². The van der Waals surface area contributed by atoms with Gasteiger partial charge in [-0.2, -0.15) is 0 Å². The first-order valence-corrected chi connectivity index (χ1v) is 6.57. The van der Waals surface area contributed by atoms with E-state index in [1.165, 1.54) is 51.9 Å². The molecule has 0 atom stereocenters. The Morgan fingerprint density at radius 3 is 2.80 bits per heavy atom. The van der Waals surface area contributed by atoms with E-state index in [1.807, 2.05) is 0 Å². The predicted octanol–water partition coefficient (Wildman–Crippen LogP) is 2.50. The topological polar surface area (TPSA) is 15.3 Å². The van der Waals surface area contributed by atoms with Crippen LogP contribution in [0.15, 0.2) is 0 Å². The van der Waals surface area contributed by atoms with Gasteiger partial charge in [0.2, 0.25) is 0 Å². The normalized spacial score (nSPS) is 23.4. The first-order valence-electron chi connectivity index (χ1n) is 6.57. The minimum Gasteiger partial charge on any atom is -0.316 e. The Bertz CT molecular complexity index is 166. The number of unbranched alkanes of at least 4 members (excludes halogenated alkanes) is 2.